The smallest absolute Gasteiger partial charge is 0.261 e. The number of aromatic nitrogens is 3. The zero-order valence-electron chi connectivity index (χ0n) is 18.2. The van der Waals surface area contributed by atoms with E-state index in [-0.39, 0.29) is 10.8 Å². The fraction of sp³-hybridized carbons (Fsp3) is 0.125. The molecule has 0 fully saturated rings. The summed E-state index contributed by atoms with van der Waals surface area (Å²) in [6.45, 7) is 4.41. The van der Waals surface area contributed by atoms with E-state index >= 15 is 0 Å². The Labute approximate surface area is 192 Å². The molecule has 2 aromatic heterocycles. The summed E-state index contributed by atoms with van der Waals surface area (Å²) in [5, 5.41) is 7.06. The number of aryl methyl sites for hydroxylation is 2. The number of carbonyl (C=O) groups is 1. The van der Waals surface area contributed by atoms with Gasteiger partial charge in [-0.15, -0.1) is 0 Å². The number of hydrogen-bond donors (Lipinski definition) is 2. The molecule has 4 rings (SSSR count). The molecule has 0 radical (unpaired) electrons. The summed E-state index contributed by atoms with van der Waals surface area (Å²) in [5.74, 6) is 0.0182. The second-order valence-electron chi connectivity index (χ2n) is 7.64. The number of carbonyl (C=O) groups excluding carboxylic acids is 1. The molecular weight excluding hydrogens is 438 g/mol. The number of hydrogen-bond acceptors (Lipinski definition) is 5. The highest BCUT2D eigenvalue weighted by molar-refractivity contribution is 7.92. The predicted molar refractivity (Wildman–Crippen MR) is 127 cm³/mol. The van der Waals surface area contributed by atoms with Crippen molar-refractivity contribution in [2.75, 3.05) is 10.0 Å². The van der Waals surface area contributed by atoms with Gasteiger partial charge in [-0.2, -0.15) is 5.10 Å². The number of sulfonamides is 1. The van der Waals surface area contributed by atoms with Crippen LogP contribution in [0.15, 0.2) is 84.1 Å². The van der Waals surface area contributed by atoms with Crippen molar-refractivity contribution in [1.29, 1.82) is 0 Å². The van der Waals surface area contributed by atoms with Crippen LogP contribution in [0.25, 0.3) is 0 Å². The Morgan fingerprint density at radius 1 is 1.00 bits per heavy atom. The van der Waals surface area contributed by atoms with E-state index in [2.05, 4.69) is 20.1 Å². The summed E-state index contributed by atoms with van der Waals surface area (Å²) in [6.07, 6.45) is 5.22. The summed E-state index contributed by atoms with van der Waals surface area (Å²) in [7, 11) is -3.77. The molecule has 0 aliphatic heterocycles. The van der Waals surface area contributed by atoms with Gasteiger partial charge < -0.3 is 5.32 Å². The Morgan fingerprint density at radius 2 is 1.79 bits per heavy atom. The van der Waals surface area contributed by atoms with Gasteiger partial charge in [-0.1, -0.05) is 12.1 Å². The third-order valence-corrected chi connectivity index (χ3v) is 6.53. The molecule has 8 nitrogen and oxygen atoms in total. The topological polar surface area (TPSA) is 106 Å². The van der Waals surface area contributed by atoms with E-state index < -0.39 is 10.0 Å². The minimum Gasteiger partial charge on any atom is -0.305 e. The van der Waals surface area contributed by atoms with Crippen LogP contribution in [0, 0.1) is 13.8 Å². The largest absolute Gasteiger partial charge is 0.305 e. The van der Waals surface area contributed by atoms with Crippen molar-refractivity contribution in [1.82, 2.24) is 14.8 Å². The quantitative estimate of drug-likeness (QED) is 0.433. The monoisotopic (exact) mass is 461 g/mol. The number of pyridine rings is 1. The molecular formula is C24H23N5O3S. The van der Waals surface area contributed by atoms with Crippen molar-refractivity contribution < 1.29 is 13.2 Å². The van der Waals surface area contributed by atoms with Gasteiger partial charge in [0.05, 0.1) is 11.4 Å². The van der Waals surface area contributed by atoms with Gasteiger partial charge in [0, 0.05) is 35.9 Å². The molecule has 0 aliphatic rings. The first-order chi connectivity index (χ1) is 15.8. The number of amides is 1. The molecule has 0 saturated carbocycles. The summed E-state index contributed by atoms with van der Waals surface area (Å²) in [4.78, 5) is 16.7. The van der Waals surface area contributed by atoms with Gasteiger partial charge in [-0.3, -0.25) is 19.2 Å². The van der Waals surface area contributed by atoms with Crippen LogP contribution in [-0.4, -0.2) is 29.1 Å². The van der Waals surface area contributed by atoms with Gasteiger partial charge in [0.2, 0.25) is 0 Å². The van der Waals surface area contributed by atoms with Gasteiger partial charge in [-0.05, 0) is 73.0 Å². The lowest BCUT2D eigenvalue weighted by molar-refractivity contribution is 0.102. The molecule has 2 aromatic carbocycles. The summed E-state index contributed by atoms with van der Waals surface area (Å²) >= 11 is 0. The second-order valence-corrected chi connectivity index (χ2v) is 9.33. The van der Waals surface area contributed by atoms with E-state index in [1.165, 1.54) is 24.3 Å². The van der Waals surface area contributed by atoms with Gasteiger partial charge in [0.1, 0.15) is 0 Å². The van der Waals surface area contributed by atoms with Crippen LogP contribution in [0.2, 0.25) is 0 Å². The molecule has 9 heteroatoms. The lowest BCUT2D eigenvalue weighted by Crippen LogP contribution is -2.15. The molecule has 33 heavy (non-hydrogen) atoms. The van der Waals surface area contributed by atoms with Crippen LogP contribution >= 0.6 is 0 Å². The van der Waals surface area contributed by atoms with Crippen LogP contribution in [0.5, 0.6) is 0 Å². The third-order valence-electron chi connectivity index (χ3n) is 5.14. The average Bonchev–Trinajstić information content (AvgIpc) is 3.23. The molecule has 2 heterocycles. The molecule has 0 saturated heterocycles. The first kappa shape index (κ1) is 22.2. The van der Waals surface area contributed by atoms with Gasteiger partial charge >= 0.3 is 0 Å². The zero-order valence-corrected chi connectivity index (χ0v) is 19.0. The van der Waals surface area contributed by atoms with Crippen molar-refractivity contribution in [2.24, 2.45) is 0 Å². The number of rotatable bonds is 7. The molecule has 168 valence electrons. The molecule has 0 unspecified atom stereocenters. The Morgan fingerprint density at radius 3 is 2.48 bits per heavy atom. The number of benzene rings is 2. The highest BCUT2D eigenvalue weighted by atomic mass is 32.2. The summed E-state index contributed by atoms with van der Waals surface area (Å²) in [5.41, 5.74) is 3.87. The van der Waals surface area contributed by atoms with Crippen LogP contribution < -0.4 is 10.0 Å². The lowest BCUT2D eigenvalue weighted by Gasteiger charge is -2.10. The van der Waals surface area contributed by atoms with Gasteiger partial charge in [0.15, 0.2) is 5.82 Å². The predicted octanol–water partition coefficient (Wildman–Crippen LogP) is 4.00. The molecule has 0 bridgehead atoms. The van der Waals surface area contributed by atoms with Crippen LogP contribution in [0.1, 0.15) is 27.0 Å². The van der Waals surface area contributed by atoms with Gasteiger partial charge in [0.25, 0.3) is 15.9 Å². The van der Waals surface area contributed by atoms with Crippen molar-refractivity contribution in [2.45, 2.75) is 25.3 Å². The Hall–Kier alpha value is -3.98. The SMILES string of the molecule is Cc1ccc(NS(=O)(=O)c2ccc(C(=O)Nc3ccn(Cc4cccnc4)n3)cc2)cc1C. The first-order valence-electron chi connectivity index (χ1n) is 10.2. The van der Waals surface area contributed by atoms with Crippen molar-refractivity contribution in [3.8, 4) is 0 Å². The second kappa shape index (κ2) is 9.25. The minimum atomic E-state index is -3.77. The Bertz CT molecular complexity index is 1380. The normalized spacial score (nSPS) is 11.2. The van der Waals surface area contributed by atoms with Crippen LogP contribution in [0.4, 0.5) is 11.5 Å². The number of anilines is 2. The molecule has 0 atom stereocenters. The molecule has 4 aromatic rings. The average molecular weight is 462 g/mol. The van der Waals surface area contributed by atoms with E-state index in [0.29, 0.717) is 23.6 Å². The van der Waals surface area contributed by atoms with Crippen molar-refractivity contribution in [3.63, 3.8) is 0 Å². The highest BCUT2D eigenvalue weighted by Crippen LogP contribution is 2.20. The van der Waals surface area contributed by atoms with E-state index in [4.69, 9.17) is 0 Å². The van der Waals surface area contributed by atoms with Crippen molar-refractivity contribution in [3.05, 3.63) is 102 Å². The highest BCUT2D eigenvalue weighted by Gasteiger charge is 2.16. The van der Waals surface area contributed by atoms with E-state index in [9.17, 15) is 13.2 Å². The molecule has 0 spiro atoms. The third kappa shape index (κ3) is 5.45. The Kier molecular flexibility index (Phi) is 6.23. The maximum Gasteiger partial charge on any atom is 0.261 e. The summed E-state index contributed by atoms with van der Waals surface area (Å²) < 4.78 is 29.7. The van der Waals surface area contributed by atoms with Crippen molar-refractivity contribution >= 4 is 27.4 Å². The summed E-state index contributed by atoms with van der Waals surface area (Å²) in [6, 6.07) is 16.6. The van der Waals surface area contributed by atoms with E-state index in [1.54, 1.807) is 41.5 Å². The van der Waals surface area contributed by atoms with Crippen LogP contribution in [0.3, 0.4) is 0 Å². The van der Waals surface area contributed by atoms with Gasteiger partial charge in [-0.25, -0.2) is 8.42 Å². The van der Waals surface area contributed by atoms with Crippen LogP contribution in [-0.2, 0) is 16.6 Å². The number of nitrogens with one attached hydrogen (secondary N) is 2. The maximum absolute atomic E-state index is 12.7. The first-order valence-corrected chi connectivity index (χ1v) is 11.7. The van der Waals surface area contributed by atoms with E-state index in [1.807, 2.05) is 32.0 Å². The molecule has 1 amide bonds. The minimum absolute atomic E-state index is 0.0676. The zero-order chi connectivity index (χ0) is 23.4. The molecule has 0 aliphatic carbocycles. The number of nitrogens with zero attached hydrogens (tertiary/aromatic N) is 3. The lowest BCUT2D eigenvalue weighted by atomic mass is 10.1. The fourth-order valence-electron chi connectivity index (χ4n) is 3.19. The van der Waals surface area contributed by atoms with E-state index in [0.717, 1.165) is 16.7 Å². The molecule has 2 N–H and O–H groups in total. The standard InChI is InChI=1S/C24H23N5O3S/c1-17-5-8-21(14-18(17)2)28-33(31,32)22-9-6-20(7-10-22)24(30)26-23-11-13-29(27-23)16-19-4-3-12-25-15-19/h3-15,28H,16H2,1-2H3,(H,26,27,30). The maximum atomic E-state index is 12.7. The fourth-order valence-corrected chi connectivity index (χ4v) is 4.24. The Balaban J connectivity index is 1.41.